The fourth-order valence-electron chi connectivity index (χ4n) is 1.16. The van der Waals surface area contributed by atoms with Crippen molar-refractivity contribution < 1.29 is 0 Å². The van der Waals surface area contributed by atoms with Crippen LogP contribution in [0.3, 0.4) is 0 Å². The summed E-state index contributed by atoms with van der Waals surface area (Å²) < 4.78 is 0. The Bertz CT molecular complexity index is 524. The highest BCUT2D eigenvalue weighted by Gasteiger charge is 2.10. The van der Waals surface area contributed by atoms with Crippen molar-refractivity contribution in [2.45, 2.75) is 13.0 Å². The third-order valence-electron chi connectivity index (χ3n) is 1.83. The van der Waals surface area contributed by atoms with Crippen LogP contribution in [0.25, 0.3) is 11.2 Å². The number of H-pyrrole nitrogens is 2. The van der Waals surface area contributed by atoms with Gasteiger partial charge >= 0.3 is 0 Å². The van der Waals surface area contributed by atoms with E-state index >= 15 is 0 Å². The summed E-state index contributed by atoms with van der Waals surface area (Å²) in [6.45, 7) is 1.76. The molecule has 0 amide bonds. The molecule has 2 rings (SSSR count). The van der Waals surface area contributed by atoms with E-state index in [2.05, 4.69) is 19.9 Å². The second kappa shape index (κ2) is 2.81. The van der Waals surface area contributed by atoms with Gasteiger partial charge in [-0.25, -0.2) is 4.98 Å². The topological polar surface area (TPSA) is 126 Å². The van der Waals surface area contributed by atoms with Crippen LogP contribution >= 0.6 is 0 Å². The molecule has 74 valence electrons. The van der Waals surface area contributed by atoms with Gasteiger partial charge in [-0.2, -0.15) is 4.98 Å². The predicted molar refractivity (Wildman–Crippen MR) is 51.5 cm³/mol. The molecule has 0 saturated heterocycles. The zero-order valence-electron chi connectivity index (χ0n) is 7.53. The van der Waals surface area contributed by atoms with E-state index in [0.29, 0.717) is 17.0 Å². The fourth-order valence-corrected chi connectivity index (χ4v) is 1.16. The van der Waals surface area contributed by atoms with E-state index in [9.17, 15) is 4.79 Å². The van der Waals surface area contributed by atoms with Crippen LogP contribution in [0.5, 0.6) is 0 Å². The second-order valence-electron chi connectivity index (χ2n) is 3.06. The quantitative estimate of drug-likeness (QED) is 0.475. The molecule has 2 heterocycles. The Labute approximate surface area is 78.6 Å². The summed E-state index contributed by atoms with van der Waals surface area (Å²) in [5, 5.41) is 0. The number of imidazole rings is 1. The lowest BCUT2D eigenvalue weighted by Gasteiger charge is -1.95. The molecular formula is C7H10N6O. The van der Waals surface area contributed by atoms with Crippen molar-refractivity contribution in [3.05, 3.63) is 16.2 Å². The van der Waals surface area contributed by atoms with E-state index in [4.69, 9.17) is 11.5 Å². The molecule has 7 nitrogen and oxygen atoms in total. The molecule has 1 unspecified atom stereocenters. The van der Waals surface area contributed by atoms with Crippen molar-refractivity contribution in [1.82, 2.24) is 19.9 Å². The molecule has 0 aliphatic carbocycles. The first-order chi connectivity index (χ1) is 6.58. The monoisotopic (exact) mass is 194 g/mol. The summed E-state index contributed by atoms with van der Waals surface area (Å²) in [6, 6.07) is -0.273. The summed E-state index contributed by atoms with van der Waals surface area (Å²) >= 11 is 0. The third kappa shape index (κ3) is 1.23. The summed E-state index contributed by atoms with van der Waals surface area (Å²) in [5.41, 5.74) is 11.2. The standard InChI is InChI=1S/C7H10N6O/c1-2(8)4-10-3-5(11-4)12-7(9)13-6(3)14/h2H,8H2,1H3,(H4,9,10,11,12,13,14). The maximum absolute atomic E-state index is 11.3. The van der Waals surface area contributed by atoms with Crippen LogP contribution in [0, 0.1) is 0 Å². The summed E-state index contributed by atoms with van der Waals surface area (Å²) in [5.74, 6) is 0.564. The maximum Gasteiger partial charge on any atom is 0.278 e. The molecule has 2 aromatic rings. The number of fused-ring (bicyclic) bond motifs is 1. The highest BCUT2D eigenvalue weighted by atomic mass is 16.1. The first-order valence-corrected chi connectivity index (χ1v) is 4.09. The number of aromatic nitrogens is 4. The van der Waals surface area contributed by atoms with Gasteiger partial charge in [0, 0.05) is 0 Å². The average molecular weight is 194 g/mol. The van der Waals surface area contributed by atoms with Crippen LogP contribution in [0.15, 0.2) is 4.79 Å². The minimum absolute atomic E-state index is 0.0465. The van der Waals surface area contributed by atoms with Crippen LogP contribution in [-0.4, -0.2) is 19.9 Å². The van der Waals surface area contributed by atoms with Crippen molar-refractivity contribution in [1.29, 1.82) is 0 Å². The molecule has 0 aliphatic heterocycles. The molecule has 2 aromatic heterocycles. The van der Waals surface area contributed by atoms with Gasteiger partial charge in [0.1, 0.15) is 5.82 Å². The van der Waals surface area contributed by atoms with Crippen LogP contribution < -0.4 is 17.0 Å². The third-order valence-corrected chi connectivity index (χ3v) is 1.83. The Morgan fingerprint density at radius 2 is 2.07 bits per heavy atom. The number of hydrogen-bond acceptors (Lipinski definition) is 5. The van der Waals surface area contributed by atoms with Crippen LogP contribution in [0.4, 0.5) is 5.95 Å². The van der Waals surface area contributed by atoms with E-state index in [1.165, 1.54) is 0 Å². The Kier molecular flexibility index (Phi) is 1.74. The van der Waals surface area contributed by atoms with Crippen LogP contribution in [0.2, 0.25) is 0 Å². The summed E-state index contributed by atoms with van der Waals surface area (Å²) in [6.07, 6.45) is 0. The molecule has 0 saturated carbocycles. The maximum atomic E-state index is 11.3. The Morgan fingerprint density at radius 1 is 1.36 bits per heavy atom. The number of nitrogens with zero attached hydrogens (tertiary/aromatic N) is 2. The zero-order chi connectivity index (χ0) is 10.3. The fraction of sp³-hybridized carbons (Fsp3) is 0.286. The smallest absolute Gasteiger partial charge is 0.278 e. The first kappa shape index (κ1) is 8.70. The van der Waals surface area contributed by atoms with Gasteiger partial charge in [-0.05, 0) is 6.92 Å². The van der Waals surface area contributed by atoms with Gasteiger partial charge in [-0.15, -0.1) is 0 Å². The molecule has 0 radical (unpaired) electrons. The van der Waals surface area contributed by atoms with E-state index < -0.39 is 0 Å². The average Bonchev–Trinajstić information content (AvgIpc) is 2.47. The number of anilines is 1. The first-order valence-electron chi connectivity index (χ1n) is 4.09. The predicted octanol–water partition coefficient (Wildman–Crippen LogP) is -0.752. The van der Waals surface area contributed by atoms with Gasteiger partial charge in [0.2, 0.25) is 5.95 Å². The normalized spacial score (nSPS) is 13.3. The van der Waals surface area contributed by atoms with Gasteiger partial charge < -0.3 is 16.5 Å². The number of rotatable bonds is 1. The number of nitrogens with two attached hydrogens (primary N) is 2. The molecule has 0 aromatic carbocycles. The van der Waals surface area contributed by atoms with Crippen molar-refractivity contribution >= 4 is 17.1 Å². The Balaban J connectivity index is 2.77. The molecule has 0 aliphatic rings. The minimum atomic E-state index is -0.341. The number of hydrogen-bond donors (Lipinski definition) is 4. The van der Waals surface area contributed by atoms with E-state index in [1.54, 1.807) is 6.92 Å². The van der Waals surface area contributed by atoms with Gasteiger partial charge in [-0.1, -0.05) is 0 Å². The highest BCUT2D eigenvalue weighted by Crippen LogP contribution is 2.09. The lowest BCUT2D eigenvalue weighted by Crippen LogP contribution is -2.11. The Hall–Kier alpha value is -1.89. The van der Waals surface area contributed by atoms with Gasteiger partial charge in [0.15, 0.2) is 11.2 Å². The summed E-state index contributed by atoms with van der Waals surface area (Å²) in [7, 11) is 0. The van der Waals surface area contributed by atoms with Crippen molar-refractivity contribution in [2.24, 2.45) is 5.73 Å². The van der Waals surface area contributed by atoms with Crippen molar-refractivity contribution in [3.63, 3.8) is 0 Å². The van der Waals surface area contributed by atoms with Crippen LogP contribution in [0.1, 0.15) is 18.8 Å². The molecule has 7 heteroatoms. The second-order valence-corrected chi connectivity index (χ2v) is 3.06. The van der Waals surface area contributed by atoms with E-state index in [1.807, 2.05) is 0 Å². The minimum Gasteiger partial charge on any atom is -0.369 e. The van der Waals surface area contributed by atoms with Gasteiger partial charge in [-0.3, -0.25) is 9.78 Å². The number of nitrogens with one attached hydrogen (secondary N) is 2. The molecule has 6 N–H and O–H groups in total. The van der Waals surface area contributed by atoms with E-state index in [0.717, 1.165) is 0 Å². The largest absolute Gasteiger partial charge is 0.369 e. The van der Waals surface area contributed by atoms with Crippen molar-refractivity contribution in [2.75, 3.05) is 5.73 Å². The molecular weight excluding hydrogens is 184 g/mol. The van der Waals surface area contributed by atoms with Crippen LogP contribution in [-0.2, 0) is 0 Å². The molecule has 0 spiro atoms. The molecule has 0 bridgehead atoms. The number of nitrogen functional groups attached to an aromatic ring is 1. The SMILES string of the molecule is CC(N)c1nc2nc(N)[nH]c(=O)c2[nH]1. The lowest BCUT2D eigenvalue weighted by molar-refractivity contribution is 0.759. The zero-order valence-corrected chi connectivity index (χ0v) is 7.53. The molecule has 0 fully saturated rings. The van der Waals surface area contributed by atoms with Crippen molar-refractivity contribution in [3.8, 4) is 0 Å². The lowest BCUT2D eigenvalue weighted by atomic mass is 10.3. The molecule has 14 heavy (non-hydrogen) atoms. The molecule has 1 atom stereocenters. The Morgan fingerprint density at radius 3 is 2.71 bits per heavy atom. The van der Waals surface area contributed by atoms with Gasteiger partial charge in [0.05, 0.1) is 6.04 Å². The highest BCUT2D eigenvalue weighted by molar-refractivity contribution is 5.70. The summed E-state index contributed by atoms with van der Waals surface area (Å²) in [4.78, 5) is 24.4. The van der Waals surface area contributed by atoms with E-state index in [-0.39, 0.29) is 17.5 Å². The van der Waals surface area contributed by atoms with Gasteiger partial charge in [0.25, 0.3) is 5.56 Å². The number of aromatic amines is 2.